The summed E-state index contributed by atoms with van der Waals surface area (Å²) in [7, 11) is 0. The number of hydrogen-bond acceptors (Lipinski definition) is 4. The van der Waals surface area contributed by atoms with Gasteiger partial charge in [0.15, 0.2) is 0 Å². The van der Waals surface area contributed by atoms with Gasteiger partial charge in [0, 0.05) is 0 Å². The van der Waals surface area contributed by atoms with Gasteiger partial charge in [0.1, 0.15) is 5.70 Å². The van der Waals surface area contributed by atoms with Crippen molar-refractivity contribution < 1.29 is 40.6 Å². The molecule has 0 spiro atoms. The number of hydrogen-bond donors (Lipinski definition) is 2. The number of allylic oxidation sites excluding steroid dienone is 1. The first-order valence-corrected chi connectivity index (χ1v) is 2.05. The van der Waals surface area contributed by atoms with E-state index in [0.717, 1.165) is 0 Å². The summed E-state index contributed by atoms with van der Waals surface area (Å²) >= 11 is 0. The molecule has 0 amide bonds. The summed E-state index contributed by atoms with van der Waals surface area (Å²) in [5.74, 6) is 3.78. The zero-order chi connectivity index (χ0) is 6.57. The normalized spacial score (nSPS) is 9.78. The molecule has 0 rings (SSSR count). The van der Waals surface area contributed by atoms with Gasteiger partial charge in [0.05, 0.1) is 0 Å². The second-order valence-corrected chi connectivity index (χ2v) is 1.15. The molecule has 0 heterocycles. The largest absolute Gasteiger partial charge is 1.00 e. The van der Waals surface area contributed by atoms with Gasteiger partial charge in [0.25, 0.3) is 0 Å². The first-order chi connectivity index (χ1) is 3.72. The van der Waals surface area contributed by atoms with Crippen LogP contribution in [0, 0.1) is 0 Å². The topological polar surface area (TPSA) is 78.3 Å². The van der Waals surface area contributed by atoms with Crippen LogP contribution < -0.4 is 41.2 Å². The summed E-state index contributed by atoms with van der Waals surface area (Å²) in [6, 6.07) is 0. The fourth-order valence-electron chi connectivity index (χ4n) is 0.186. The van der Waals surface area contributed by atoms with Crippen LogP contribution >= 0.6 is 0 Å². The molecule has 0 aromatic carbocycles. The molecule has 0 aromatic rings. The SMILES string of the molecule is CC=C(N)C(=O)ON.[H-].[Na+]. The third kappa shape index (κ3) is 4.47. The molecule has 0 bridgehead atoms. The first kappa shape index (κ1) is 11.7. The van der Waals surface area contributed by atoms with Gasteiger partial charge in [-0.2, -0.15) is 5.90 Å². The Labute approximate surface area is 77.0 Å². The number of nitrogens with two attached hydrogens (primary N) is 2. The number of carbonyl (C=O) groups is 1. The summed E-state index contributed by atoms with van der Waals surface area (Å²) in [4.78, 5) is 14.0. The van der Waals surface area contributed by atoms with Gasteiger partial charge >= 0.3 is 35.5 Å². The standard InChI is InChI=1S/C4H8N2O2.Na.H/c1-2-3(5)4(7)8-6;;/h2H,5-6H2,1H3;;/q;+1;-1. The van der Waals surface area contributed by atoms with Crippen molar-refractivity contribution in [1.82, 2.24) is 0 Å². The van der Waals surface area contributed by atoms with E-state index in [9.17, 15) is 4.79 Å². The molecule has 4 N–H and O–H groups in total. The Hall–Kier alpha value is -0.0300. The van der Waals surface area contributed by atoms with Crippen molar-refractivity contribution >= 4 is 5.97 Å². The van der Waals surface area contributed by atoms with Gasteiger partial charge in [-0.1, -0.05) is 6.08 Å². The van der Waals surface area contributed by atoms with E-state index in [1.54, 1.807) is 6.92 Å². The maximum Gasteiger partial charge on any atom is 1.00 e. The second-order valence-electron chi connectivity index (χ2n) is 1.15. The van der Waals surface area contributed by atoms with E-state index in [1.165, 1.54) is 6.08 Å². The molecule has 0 fully saturated rings. The Morgan fingerprint density at radius 3 is 2.33 bits per heavy atom. The van der Waals surface area contributed by atoms with E-state index in [4.69, 9.17) is 5.73 Å². The van der Waals surface area contributed by atoms with Crippen LogP contribution in [0.1, 0.15) is 8.35 Å². The molecular formula is C4H9N2NaO2. The van der Waals surface area contributed by atoms with Crippen LogP contribution in [0.2, 0.25) is 0 Å². The summed E-state index contributed by atoms with van der Waals surface area (Å²) in [6.07, 6.45) is 1.41. The summed E-state index contributed by atoms with van der Waals surface area (Å²) in [6.45, 7) is 1.62. The van der Waals surface area contributed by atoms with Crippen molar-refractivity contribution in [3.63, 3.8) is 0 Å². The molecule has 4 nitrogen and oxygen atoms in total. The van der Waals surface area contributed by atoms with E-state index < -0.39 is 5.97 Å². The van der Waals surface area contributed by atoms with Gasteiger partial charge < -0.3 is 12.0 Å². The number of rotatable bonds is 1. The average Bonchev–Trinajstić information content (AvgIpc) is 1.84. The quantitative estimate of drug-likeness (QED) is 0.224. The molecule has 0 unspecified atom stereocenters. The van der Waals surface area contributed by atoms with Crippen LogP contribution in [0.3, 0.4) is 0 Å². The van der Waals surface area contributed by atoms with E-state index in [-0.39, 0.29) is 36.7 Å². The van der Waals surface area contributed by atoms with Crippen molar-refractivity contribution in [2.24, 2.45) is 11.6 Å². The monoisotopic (exact) mass is 140 g/mol. The second kappa shape index (κ2) is 6.10. The van der Waals surface area contributed by atoms with Crippen LogP contribution in [-0.4, -0.2) is 5.97 Å². The van der Waals surface area contributed by atoms with E-state index >= 15 is 0 Å². The molecule has 0 radical (unpaired) electrons. The molecule has 0 atom stereocenters. The van der Waals surface area contributed by atoms with Crippen molar-refractivity contribution in [2.75, 3.05) is 0 Å². The molecule has 48 valence electrons. The van der Waals surface area contributed by atoms with E-state index in [2.05, 4.69) is 10.7 Å². The molecular weight excluding hydrogens is 131 g/mol. The molecule has 9 heavy (non-hydrogen) atoms. The van der Waals surface area contributed by atoms with Crippen LogP contribution in [0.5, 0.6) is 0 Å². The molecule has 0 aliphatic heterocycles. The minimum atomic E-state index is -0.701. The van der Waals surface area contributed by atoms with E-state index in [1.807, 2.05) is 0 Å². The zero-order valence-electron chi connectivity index (χ0n) is 6.55. The zero-order valence-corrected chi connectivity index (χ0v) is 7.55. The van der Waals surface area contributed by atoms with Crippen LogP contribution in [0.25, 0.3) is 0 Å². The average molecular weight is 140 g/mol. The molecule has 0 saturated heterocycles. The molecule has 5 heteroatoms. The fraction of sp³-hybridized carbons (Fsp3) is 0.250. The Kier molecular flexibility index (Phi) is 7.94. The van der Waals surface area contributed by atoms with Crippen LogP contribution in [0.15, 0.2) is 11.8 Å². The predicted molar refractivity (Wildman–Crippen MR) is 29.3 cm³/mol. The first-order valence-electron chi connectivity index (χ1n) is 2.05. The third-order valence-corrected chi connectivity index (χ3v) is 0.654. The van der Waals surface area contributed by atoms with Gasteiger partial charge in [-0.3, -0.25) is 0 Å². The Balaban J connectivity index is -0.000000245. The molecule has 0 aromatic heterocycles. The van der Waals surface area contributed by atoms with Crippen molar-refractivity contribution in [3.8, 4) is 0 Å². The minimum absolute atomic E-state index is 0. The summed E-state index contributed by atoms with van der Waals surface area (Å²) in [5, 5.41) is 0. The molecule has 0 saturated carbocycles. The minimum Gasteiger partial charge on any atom is -1.00 e. The third-order valence-electron chi connectivity index (χ3n) is 0.654. The van der Waals surface area contributed by atoms with Gasteiger partial charge in [-0.05, 0) is 6.92 Å². The van der Waals surface area contributed by atoms with Crippen molar-refractivity contribution in [3.05, 3.63) is 11.8 Å². The van der Waals surface area contributed by atoms with Crippen molar-refractivity contribution in [2.45, 2.75) is 6.92 Å². The van der Waals surface area contributed by atoms with Crippen LogP contribution in [-0.2, 0) is 9.63 Å². The maximum atomic E-state index is 10.2. The summed E-state index contributed by atoms with van der Waals surface area (Å²) < 4.78 is 0. The van der Waals surface area contributed by atoms with E-state index in [0.29, 0.717) is 0 Å². The van der Waals surface area contributed by atoms with Crippen LogP contribution in [0.4, 0.5) is 0 Å². The maximum absolute atomic E-state index is 10.2. The fourth-order valence-corrected chi connectivity index (χ4v) is 0.186. The molecule has 0 aliphatic carbocycles. The van der Waals surface area contributed by atoms with Crippen molar-refractivity contribution in [1.29, 1.82) is 0 Å². The Morgan fingerprint density at radius 2 is 2.22 bits per heavy atom. The van der Waals surface area contributed by atoms with Gasteiger partial charge in [-0.25, -0.2) is 4.79 Å². The van der Waals surface area contributed by atoms with Gasteiger partial charge in [0.2, 0.25) is 0 Å². The Morgan fingerprint density at radius 1 is 1.78 bits per heavy atom. The Bertz CT molecular complexity index is 128. The smallest absolute Gasteiger partial charge is 1.00 e. The molecule has 0 aliphatic rings. The van der Waals surface area contributed by atoms with Gasteiger partial charge in [-0.15, -0.1) is 0 Å². The number of carbonyl (C=O) groups excluding carboxylic acids is 1. The predicted octanol–water partition coefficient (Wildman–Crippen LogP) is -3.62. The summed E-state index contributed by atoms with van der Waals surface area (Å²) in [5.41, 5.74) is 5.05.